The molecule has 3 rings (SSSR count). The highest BCUT2D eigenvalue weighted by atomic mass is 32.2. The first-order chi connectivity index (χ1) is 12.5. The number of carbonyl (C=O) groups is 1. The van der Waals surface area contributed by atoms with Crippen LogP contribution >= 0.6 is 11.8 Å². The van der Waals surface area contributed by atoms with Gasteiger partial charge in [0.25, 0.3) is 5.91 Å². The zero-order valence-electron chi connectivity index (χ0n) is 15.2. The standard InChI is InChI=1S/C21H22N2O2S/c1-4-23-13-18(20(24)17-7-5-6-8-19(17)23)21(25)22-14(2)15-9-11-16(26-3)12-10-15/h5-14H,4H2,1-3H3,(H,22,25)/t14-/m1/s1. The number of fused-ring (bicyclic) bond motifs is 1. The lowest BCUT2D eigenvalue weighted by Gasteiger charge is -2.16. The third kappa shape index (κ3) is 3.53. The lowest BCUT2D eigenvalue weighted by Crippen LogP contribution is -2.31. The highest BCUT2D eigenvalue weighted by Crippen LogP contribution is 2.19. The van der Waals surface area contributed by atoms with Crippen molar-refractivity contribution in [3.8, 4) is 0 Å². The summed E-state index contributed by atoms with van der Waals surface area (Å²) in [6.07, 6.45) is 3.68. The Morgan fingerprint density at radius 3 is 2.50 bits per heavy atom. The number of thioether (sulfide) groups is 1. The van der Waals surface area contributed by atoms with Crippen LogP contribution in [-0.4, -0.2) is 16.7 Å². The Hall–Kier alpha value is -2.53. The molecule has 0 saturated heterocycles. The lowest BCUT2D eigenvalue weighted by molar-refractivity contribution is 0.0938. The van der Waals surface area contributed by atoms with Crippen LogP contribution in [0.4, 0.5) is 0 Å². The van der Waals surface area contributed by atoms with Crippen molar-refractivity contribution < 1.29 is 4.79 Å². The summed E-state index contributed by atoms with van der Waals surface area (Å²) in [5.41, 5.74) is 1.80. The van der Waals surface area contributed by atoms with Gasteiger partial charge in [0.15, 0.2) is 0 Å². The van der Waals surface area contributed by atoms with Crippen LogP contribution in [-0.2, 0) is 6.54 Å². The Labute approximate surface area is 157 Å². The largest absolute Gasteiger partial charge is 0.347 e. The first-order valence-corrected chi connectivity index (χ1v) is 9.84. The second kappa shape index (κ2) is 7.79. The fraction of sp³-hybridized carbons (Fsp3) is 0.238. The fourth-order valence-corrected chi connectivity index (χ4v) is 3.43. The zero-order valence-corrected chi connectivity index (χ0v) is 16.0. The molecule has 0 spiro atoms. The first kappa shape index (κ1) is 18.3. The van der Waals surface area contributed by atoms with Crippen LogP contribution in [0, 0.1) is 0 Å². The quantitative estimate of drug-likeness (QED) is 0.687. The van der Waals surface area contributed by atoms with E-state index in [-0.39, 0.29) is 22.9 Å². The van der Waals surface area contributed by atoms with Gasteiger partial charge in [-0.15, -0.1) is 11.8 Å². The van der Waals surface area contributed by atoms with Crippen LogP contribution in [0.15, 0.2) is 64.4 Å². The van der Waals surface area contributed by atoms with Crippen molar-refractivity contribution in [2.75, 3.05) is 6.26 Å². The van der Waals surface area contributed by atoms with E-state index in [1.54, 1.807) is 24.0 Å². The maximum atomic E-state index is 12.8. The number of benzene rings is 2. The number of pyridine rings is 1. The van der Waals surface area contributed by atoms with Gasteiger partial charge in [0, 0.05) is 23.0 Å². The van der Waals surface area contributed by atoms with E-state index >= 15 is 0 Å². The molecular weight excluding hydrogens is 344 g/mol. The van der Waals surface area contributed by atoms with Gasteiger partial charge in [-0.25, -0.2) is 0 Å². The van der Waals surface area contributed by atoms with Gasteiger partial charge < -0.3 is 9.88 Å². The van der Waals surface area contributed by atoms with Crippen LogP contribution < -0.4 is 10.7 Å². The third-order valence-electron chi connectivity index (χ3n) is 4.54. The lowest BCUT2D eigenvalue weighted by atomic mass is 10.1. The second-order valence-corrected chi connectivity index (χ2v) is 7.02. The molecule has 0 fully saturated rings. The van der Waals surface area contributed by atoms with Gasteiger partial charge in [-0.05, 0) is 49.9 Å². The van der Waals surface area contributed by atoms with Crippen LogP contribution in [0.3, 0.4) is 0 Å². The summed E-state index contributed by atoms with van der Waals surface area (Å²) in [4.78, 5) is 26.7. The van der Waals surface area contributed by atoms with Crippen LogP contribution in [0.5, 0.6) is 0 Å². The maximum Gasteiger partial charge on any atom is 0.257 e. The normalized spacial score (nSPS) is 12.1. The van der Waals surface area contributed by atoms with Crippen molar-refractivity contribution in [2.45, 2.75) is 31.3 Å². The van der Waals surface area contributed by atoms with Crippen molar-refractivity contribution in [1.29, 1.82) is 0 Å². The van der Waals surface area contributed by atoms with E-state index in [1.807, 2.05) is 67.1 Å². The molecule has 2 aromatic carbocycles. The number of nitrogens with zero attached hydrogens (tertiary/aromatic N) is 1. The number of rotatable bonds is 5. The van der Waals surface area contributed by atoms with Crippen LogP contribution in [0.2, 0.25) is 0 Å². The molecule has 4 nitrogen and oxygen atoms in total. The van der Waals surface area contributed by atoms with Crippen molar-refractivity contribution in [1.82, 2.24) is 9.88 Å². The molecule has 0 aliphatic rings. The van der Waals surface area contributed by atoms with E-state index in [2.05, 4.69) is 5.32 Å². The molecule has 1 atom stereocenters. The number of hydrogen-bond acceptors (Lipinski definition) is 3. The SMILES string of the molecule is CCn1cc(C(=O)N[C@H](C)c2ccc(SC)cc2)c(=O)c2ccccc21. The van der Waals surface area contributed by atoms with Crippen molar-refractivity contribution >= 4 is 28.6 Å². The van der Waals surface area contributed by atoms with E-state index < -0.39 is 0 Å². The van der Waals surface area contributed by atoms with Gasteiger partial charge >= 0.3 is 0 Å². The van der Waals surface area contributed by atoms with Gasteiger partial charge in [-0.1, -0.05) is 24.3 Å². The average Bonchev–Trinajstić information content (AvgIpc) is 2.68. The van der Waals surface area contributed by atoms with Gasteiger partial charge in [0.05, 0.1) is 11.6 Å². The summed E-state index contributed by atoms with van der Waals surface area (Å²) < 4.78 is 1.93. The predicted octanol–water partition coefficient (Wildman–Crippen LogP) is 4.23. The number of amides is 1. The molecule has 0 unspecified atom stereocenters. The smallest absolute Gasteiger partial charge is 0.257 e. The molecule has 1 N–H and O–H groups in total. The molecule has 26 heavy (non-hydrogen) atoms. The molecule has 0 aliphatic carbocycles. The fourth-order valence-electron chi connectivity index (χ4n) is 3.02. The molecule has 0 radical (unpaired) electrons. The predicted molar refractivity (Wildman–Crippen MR) is 108 cm³/mol. The Bertz CT molecular complexity index is 993. The summed E-state index contributed by atoms with van der Waals surface area (Å²) in [5, 5.41) is 3.52. The summed E-state index contributed by atoms with van der Waals surface area (Å²) in [6.45, 7) is 4.60. The highest BCUT2D eigenvalue weighted by molar-refractivity contribution is 7.98. The number of nitrogens with one attached hydrogen (secondary N) is 1. The number of para-hydroxylation sites is 1. The Morgan fingerprint density at radius 1 is 1.15 bits per heavy atom. The summed E-state index contributed by atoms with van der Waals surface area (Å²) in [5.74, 6) is -0.343. The molecule has 3 aromatic rings. The molecule has 134 valence electrons. The Morgan fingerprint density at radius 2 is 1.85 bits per heavy atom. The Balaban J connectivity index is 1.92. The molecule has 1 amide bonds. The highest BCUT2D eigenvalue weighted by Gasteiger charge is 2.17. The molecular formula is C21H22N2O2S. The first-order valence-electron chi connectivity index (χ1n) is 8.62. The number of hydrogen-bond donors (Lipinski definition) is 1. The van der Waals surface area contributed by atoms with Gasteiger partial charge in [-0.2, -0.15) is 0 Å². The maximum absolute atomic E-state index is 12.8. The minimum atomic E-state index is -0.343. The second-order valence-electron chi connectivity index (χ2n) is 6.14. The van der Waals surface area contributed by atoms with Crippen LogP contribution in [0.25, 0.3) is 10.9 Å². The van der Waals surface area contributed by atoms with E-state index in [0.29, 0.717) is 11.9 Å². The summed E-state index contributed by atoms with van der Waals surface area (Å²) >= 11 is 1.68. The number of carbonyl (C=O) groups excluding carboxylic acids is 1. The molecule has 1 heterocycles. The topological polar surface area (TPSA) is 51.1 Å². The van der Waals surface area contributed by atoms with E-state index in [4.69, 9.17) is 0 Å². The number of aryl methyl sites for hydroxylation is 1. The molecule has 5 heteroatoms. The third-order valence-corrected chi connectivity index (χ3v) is 5.28. The van der Waals surface area contributed by atoms with E-state index in [9.17, 15) is 9.59 Å². The Kier molecular flexibility index (Phi) is 5.47. The van der Waals surface area contributed by atoms with E-state index in [0.717, 1.165) is 11.1 Å². The van der Waals surface area contributed by atoms with Crippen LogP contribution in [0.1, 0.15) is 35.8 Å². The molecule has 0 saturated carbocycles. The van der Waals surface area contributed by atoms with Gasteiger partial charge in [-0.3, -0.25) is 9.59 Å². The monoisotopic (exact) mass is 366 g/mol. The minimum absolute atomic E-state index is 0.179. The summed E-state index contributed by atoms with van der Waals surface area (Å²) in [6, 6.07) is 15.3. The average molecular weight is 366 g/mol. The minimum Gasteiger partial charge on any atom is -0.347 e. The molecule has 0 aliphatic heterocycles. The van der Waals surface area contributed by atoms with Crippen molar-refractivity contribution in [3.05, 3.63) is 76.1 Å². The van der Waals surface area contributed by atoms with Gasteiger partial charge in [0.1, 0.15) is 5.56 Å². The van der Waals surface area contributed by atoms with Gasteiger partial charge in [0.2, 0.25) is 5.43 Å². The molecule has 0 bridgehead atoms. The zero-order chi connectivity index (χ0) is 18.7. The molecule has 1 aromatic heterocycles. The van der Waals surface area contributed by atoms with Crippen molar-refractivity contribution in [3.63, 3.8) is 0 Å². The van der Waals surface area contributed by atoms with Crippen molar-refractivity contribution in [2.24, 2.45) is 0 Å². The van der Waals surface area contributed by atoms with E-state index in [1.165, 1.54) is 4.90 Å². The summed E-state index contributed by atoms with van der Waals surface area (Å²) in [7, 11) is 0. The number of aromatic nitrogens is 1.